The summed E-state index contributed by atoms with van der Waals surface area (Å²) in [5.74, 6) is -0.926. The summed E-state index contributed by atoms with van der Waals surface area (Å²) in [7, 11) is 6.01. The number of aromatic nitrogens is 2. The summed E-state index contributed by atoms with van der Waals surface area (Å²) in [6.45, 7) is 3.24. The molecule has 1 aliphatic heterocycles. The molecule has 0 spiro atoms. The smallest absolute Gasteiger partial charge is 0.356 e. The minimum atomic E-state index is -0.926. The van der Waals surface area contributed by atoms with Crippen molar-refractivity contribution in [3.63, 3.8) is 0 Å². The topological polar surface area (TPSA) is 61.6 Å². The monoisotopic (exact) mass is 252 g/mol. The molecule has 0 amide bonds. The van der Waals surface area contributed by atoms with Gasteiger partial charge in [-0.1, -0.05) is 0 Å². The summed E-state index contributed by atoms with van der Waals surface area (Å²) in [5.41, 5.74) is 2.19. The fourth-order valence-electron chi connectivity index (χ4n) is 2.28. The van der Waals surface area contributed by atoms with E-state index in [0.717, 1.165) is 37.3 Å². The number of rotatable bonds is 4. The van der Waals surface area contributed by atoms with Crippen LogP contribution in [-0.4, -0.2) is 64.9 Å². The molecule has 0 unspecified atom stereocenters. The Morgan fingerprint density at radius 2 is 2.22 bits per heavy atom. The van der Waals surface area contributed by atoms with Crippen LogP contribution >= 0.6 is 0 Å². The van der Waals surface area contributed by atoms with Gasteiger partial charge in [0, 0.05) is 37.3 Å². The van der Waals surface area contributed by atoms with E-state index in [2.05, 4.69) is 14.9 Å². The molecule has 100 valence electrons. The molecule has 0 bridgehead atoms. The molecule has 6 nitrogen and oxygen atoms in total. The third-order valence-electron chi connectivity index (χ3n) is 3.29. The molecule has 0 aromatic carbocycles. The molecule has 18 heavy (non-hydrogen) atoms. The first kappa shape index (κ1) is 13.0. The van der Waals surface area contributed by atoms with Gasteiger partial charge in [-0.3, -0.25) is 4.68 Å². The lowest BCUT2D eigenvalue weighted by Gasteiger charge is -2.23. The van der Waals surface area contributed by atoms with Gasteiger partial charge in [0.2, 0.25) is 0 Å². The van der Waals surface area contributed by atoms with E-state index in [1.807, 2.05) is 25.8 Å². The van der Waals surface area contributed by atoms with E-state index in [0.29, 0.717) is 6.54 Å². The van der Waals surface area contributed by atoms with Crippen molar-refractivity contribution >= 4 is 5.97 Å². The zero-order valence-electron chi connectivity index (χ0n) is 11.2. The highest BCUT2D eigenvalue weighted by molar-refractivity contribution is 5.87. The Kier molecular flexibility index (Phi) is 3.68. The van der Waals surface area contributed by atoms with Crippen molar-refractivity contribution in [2.45, 2.75) is 19.5 Å². The minimum Gasteiger partial charge on any atom is -0.476 e. The molecule has 1 aromatic heterocycles. The Hall–Kier alpha value is -1.40. The lowest BCUT2D eigenvalue weighted by atomic mass is 10.1. The first-order valence-corrected chi connectivity index (χ1v) is 6.14. The Labute approximate surface area is 107 Å². The normalized spacial score (nSPS) is 16.0. The van der Waals surface area contributed by atoms with E-state index in [-0.39, 0.29) is 5.69 Å². The summed E-state index contributed by atoms with van der Waals surface area (Å²) < 4.78 is 1.87. The third-order valence-corrected chi connectivity index (χ3v) is 3.29. The number of fused-ring (bicyclic) bond motifs is 1. The van der Waals surface area contributed by atoms with Gasteiger partial charge >= 0.3 is 5.97 Å². The van der Waals surface area contributed by atoms with Gasteiger partial charge in [0.25, 0.3) is 0 Å². The maximum Gasteiger partial charge on any atom is 0.356 e. The van der Waals surface area contributed by atoms with Gasteiger partial charge < -0.3 is 14.9 Å². The molecular formula is C12H20N4O2. The number of hydrogen-bond acceptors (Lipinski definition) is 4. The van der Waals surface area contributed by atoms with Gasteiger partial charge in [0.05, 0.1) is 6.54 Å². The predicted octanol–water partition coefficient (Wildman–Crippen LogP) is 0.131. The predicted molar refractivity (Wildman–Crippen MR) is 67.8 cm³/mol. The van der Waals surface area contributed by atoms with Crippen LogP contribution in [0, 0.1) is 0 Å². The molecule has 2 heterocycles. The highest BCUT2D eigenvalue weighted by Gasteiger charge is 2.26. The Balaban J connectivity index is 2.31. The van der Waals surface area contributed by atoms with E-state index >= 15 is 0 Å². The van der Waals surface area contributed by atoms with Crippen LogP contribution in [0.5, 0.6) is 0 Å². The number of hydrogen-bond donors (Lipinski definition) is 1. The number of carbonyl (C=O) groups is 1. The highest BCUT2D eigenvalue weighted by Crippen LogP contribution is 2.21. The van der Waals surface area contributed by atoms with Gasteiger partial charge in [-0.05, 0) is 21.1 Å². The summed E-state index contributed by atoms with van der Waals surface area (Å²) in [5, 5.41) is 13.5. The van der Waals surface area contributed by atoms with Gasteiger partial charge in [-0.2, -0.15) is 5.10 Å². The van der Waals surface area contributed by atoms with Crippen molar-refractivity contribution < 1.29 is 9.90 Å². The number of carboxylic acids is 1. The fourth-order valence-corrected chi connectivity index (χ4v) is 2.28. The van der Waals surface area contributed by atoms with Crippen molar-refractivity contribution in [2.24, 2.45) is 0 Å². The number of nitrogens with zero attached hydrogens (tertiary/aromatic N) is 4. The van der Waals surface area contributed by atoms with Crippen LogP contribution in [-0.2, 0) is 19.5 Å². The van der Waals surface area contributed by atoms with Crippen molar-refractivity contribution in [1.82, 2.24) is 19.6 Å². The average molecular weight is 252 g/mol. The molecule has 1 aliphatic rings. The SMILES string of the molecule is CN(C)CCn1nc(C(=O)O)c2c1CCN(C)C2. The molecule has 2 rings (SSSR count). The Morgan fingerprint density at radius 1 is 1.50 bits per heavy atom. The summed E-state index contributed by atoms with van der Waals surface area (Å²) >= 11 is 0. The van der Waals surface area contributed by atoms with Crippen LogP contribution in [0.3, 0.4) is 0 Å². The molecule has 1 N–H and O–H groups in total. The zero-order valence-corrected chi connectivity index (χ0v) is 11.2. The third kappa shape index (κ3) is 2.54. The van der Waals surface area contributed by atoms with Crippen LogP contribution < -0.4 is 0 Å². The van der Waals surface area contributed by atoms with Crippen LogP contribution in [0.15, 0.2) is 0 Å². The molecule has 0 saturated heterocycles. The average Bonchev–Trinajstić information content (AvgIpc) is 2.64. The Morgan fingerprint density at radius 3 is 2.83 bits per heavy atom. The van der Waals surface area contributed by atoms with Crippen molar-refractivity contribution in [3.8, 4) is 0 Å². The van der Waals surface area contributed by atoms with Crippen LogP contribution in [0.2, 0.25) is 0 Å². The molecule has 0 aliphatic carbocycles. The van der Waals surface area contributed by atoms with E-state index < -0.39 is 5.97 Å². The zero-order chi connectivity index (χ0) is 13.3. The lowest BCUT2D eigenvalue weighted by molar-refractivity contribution is 0.0687. The molecule has 0 fully saturated rings. The number of aromatic carboxylic acids is 1. The van der Waals surface area contributed by atoms with Gasteiger partial charge in [-0.15, -0.1) is 0 Å². The van der Waals surface area contributed by atoms with Crippen LogP contribution in [0.25, 0.3) is 0 Å². The molecule has 0 saturated carbocycles. The van der Waals surface area contributed by atoms with Gasteiger partial charge in [0.1, 0.15) is 0 Å². The van der Waals surface area contributed by atoms with Crippen LogP contribution in [0.4, 0.5) is 0 Å². The molecule has 6 heteroatoms. The maximum atomic E-state index is 11.2. The molecule has 0 radical (unpaired) electrons. The first-order chi connectivity index (χ1) is 8.49. The standard InChI is InChI=1S/C12H20N4O2/c1-14(2)6-7-16-10-4-5-15(3)8-9(10)11(13-16)12(17)18/h4-8H2,1-3H3,(H,17,18). The second kappa shape index (κ2) is 5.07. The van der Waals surface area contributed by atoms with E-state index in [9.17, 15) is 9.90 Å². The molecular weight excluding hydrogens is 232 g/mol. The second-order valence-corrected chi connectivity index (χ2v) is 5.09. The fraction of sp³-hybridized carbons (Fsp3) is 0.667. The quantitative estimate of drug-likeness (QED) is 0.825. The number of likely N-dealkylation sites (N-methyl/N-ethyl adjacent to an activating group) is 2. The summed E-state index contributed by atoms with van der Waals surface area (Å²) in [6.07, 6.45) is 0.875. The van der Waals surface area contributed by atoms with Crippen molar-refractivity contribution in [2.75, 3.05) is 34.2 Å². The van der Waals surface area contributed by atoms with E-state index in [4.69, 9.17) is 0 Å². The maximum absolute atomic E-state index is 11.2. The largest absolute Gasteiger partial charge is 0.476 e. The van der Waals surface area contributed by atoms with E-state index in [1.165, 1.54) is 0 Å². The lowest BCUT2D eigenvalue weighted by Crippen LogP contribution is -2.29. The van der Waals surface area contributed by atoms with Crippen molar-refractivity contribution in [1.29, 1.82) is 0 Å². The Bertz CT molecular complexity index is 453. The first-order valence-electron chi connectivity index (χ1n) is 6.14. The molecule has 0 atom stereocenters. The summed E-state index contributed by atoms with van der Waals surface area (Å²) in [4.78, 5) is 15.4. The summed E-state index contributed by atoms with van der Waals surface area (Å²) in [6, 6.07) is 0. The van der Waals surface area contributed by atoms with Crippen LogP contribution in [0.1, 0.15) is 21.7 Å². The minimum absolute atomic E-state index is 0.218. The number of carboxylic acid groups (broad SMARTS) is 1. The highest BCUT2D eigenvalue weighted by atomic mass is 16.4. The van der Waals surface area contributed by atoms with E-state index in [1.54, 1.807) is 0 Å². The molecule has 1 aromatic rings. The second-order valence-electron chi connectivity index (χ2n) is 5.09. The van der Waals surface area contributed by atoms with Gasteiger partial charge in [0.15, 0.2) is 5.69 Å². The van der Waals surface area contributed by atoms with Crippen molar-refractivity contribution in [3.05, 3.63) is 17.0 Å². The van der Waals surface area contributed by atoms with Gasteiger partial charge in [-0.25, -0.2) is 4.79 Å².